The number of nitrogens with one attached hydrogen (secondary N) is 1. The van der Waals surface area contributed by atoms with E-state index in [2.05, 4.69) is 16.5 Å². The minimum absolute atomic E-state index is 0.0280. The largest absolute Gasteiger partial charge is 0.480 e. The number of fused-ring (bicyclic) bond motifs is 1. The van der Waals surface area contributed by atoms with E-state index in [-0.39, 0.29) is 12.5 Å². The Kier molecular flexibility index (Phi) is 3.77. The zero-order chi connectivity index (χ0) is 16.6. The standard InChI is InChI=1S/C16H18N4O3/c1-9-5-11-7-13(23-12(11)6-10(9)2)16(22)18-15-3-4-20(19-15)8-14(17)21/h3-6,13H,7-8H2,1-2H3,(H2,17,21)(H,18,19,22)/t13-/m1/s1. The number of hydrogen-bond acceptors (Lipinski definition) is 4. The van der Waals surface area contributed by atoms with Crippen molar-refractivity contribution in [1.29, 1.82) is 0 Å². The highest BCUT2D eigenvalue weighted by Crippen LogP contribution is 2.31. The molecule has 3 N–H and O–H groups in total. The molecule has 1 aliphatic heterocycles. The lowest BCUT2D eigenvalue weighted by Crippen LogP contribution is -2.31. The van der Waals surface area contributed by atoms with Crippen molar-refractivity contribution in [2.75, 3.05) is 5.32 Å². The summed E-state index contributed by atoms with van der Waals surface area (Å²) in [5.41, 5.74) is 8.45. The van der Waals surface area contributed by atoms with Gasteiger partial charge in [0.05, 0.1) is 0 Å². The highest BCUT2D eigenvalue weighted by molar-refractivity contribution is 5.94. The number of nitrogens with zero attached hydrogens (tertiary/aromatic N) is 2. The van der Waals surface area contributed by atoms with Gasteiger partial charge in [0.1, 0.15) is 12.3 Å². The van der Waals surface area contributed by atoms with Crippen molar-refractivity contribution in [3.63, 3.8) is 0 Å². The molecule has 0 radical (unpaired) electrons. The van der Waals surface area contributed by atoms with Crippen LogP contribution in [0.2, 0.25) is 0 Å². The Morgan fingerprint density at radius 1 is 1.39 bits per heavy atom. The van der Waals surface area contributed by atoms with E-state index < -0.39 is 12.0 Å². The van der Waals surface area contributed by atoms with Crippen LogP contribution in [0.4, 0.5) is 5.82 Å². The molecule has 0 saturated carbocycles. The zero-order valence-corrected chi connectivity index (χ0v) is 13.0. The molecule has 1 aromatic carbocycles. The van der Waals surface area contributed by atoms with Crippen LogP contribution in [-0.4, -0.2) is 27.7 Å². The number of carbonyl (C=O) groups is 2. The number of primary amides is 1. The number of anilines is 1. The van der Waals surface area contributed by atoms with E-state index in [0.717, 1.165) is 16.9 Å². The fourth-order valence-corrected chi connectivity index (χ4v) is 2.54. The van der Waals surface area contributed by atoms with Gasteiger partial charge in [-0.25, -0.2) is 0 Å². The fourth-order valence-electron chi connectivity index (χ4n) is 2.54. The third-order valence-corrected chi connectivity index (χ3v) is 3.85. The third kappa shape index (κ3) is 3.18. The summed E-state index contributed by atoms with van der Waals surface area (Å²) in [6.07, 6.45) is 1.54. The van der Waals surface area contributed by atoms with Gasteiger partial charge in [0.2, 0.25) is 5.91 Å². The highest BCUT2D eigenvalue weighted by Gasteiger charge is 2.30. The molecule has 0 saturated heterocycles. The summed E-state index contributed by atoms with van der Waals surface area (Å²) < 4.78 is 7.10. The van der Waals surface area contributed by atoms with Gasteiger partial charge in [-0.3, -0.25) is 14.3 Å². The van der Waals surface area contributed by atoms with E-state index >= 15 is 0 Å². The van der Waals surface area contributed by atoms with Crippen molar-refractivity contribution in [3.8, 4) is 5.75 Å². The Bertz CT molecular complexity index is 751. The molecule has 0 spiro atoms. The first-order valence-corrected chi connectivity index (χ1v) is 7.32. The van der Waals surface area contributed by atoms with Gasteiger partial charge in [-0.1, -0.05) is 6.07 Å². The van der Waals surface area contributed by atoms with Gasteiger partial charge in [0.25, 0.3) is 5.91 Å². The number of amides is 2. The molecule has 7 heteroatoms. The number of carbonyl (C=O) groups excluding carboxylic acids is 2. The normalized spacial score (nSPS) is 15.8. The summed E-state index contributed by atoms with van der Waals surface area (Å²) in [6, 6.07) is 5.62. The summed E-state index contributed by atoms with van der Waals surface area (Å²) in [5, 5.41) is 6.76. The molecule has 120 valence electrons. The maximum atomic E-state index is 12.3. The molecule has 0 unspecified atom stereocenters. The van der Waals surface area contributed by atoms with Gasteiger partial charge in [-0.2, -0.15) is 5.10 Å². The van der Waals surface area contributed by atoms with Crippen LogP contribution in [0.15, 0.2) is 24.4 Å². The molecule has 1 aromatic heterocycles. The fraction of sp³-hybridized carbons (Fsp3) is 0.312. The monoisotopic (exact) mass is 314 g/mol. The molecular formula is C16H18N4O3. The van der Waals surface area contributed by atoms with Gasteiger partial charge in [-0.05, 0) is 36.6 Å². The van der Waals surface area contributed by atoms with E-state index in [1.807, 2.05) is 19.9 Å². The molecule has 23 heavy (non-hydrogen) atoms. The minimum atomic E-state index is -0.576. The van der Waals surface area contributed by atoms with Crippen molar-refractivity contribution in [2.45, 2.75) is 32.9 Å². The summed E-state index contributed by atoms with van der Waals surface area (Å²) in [4.78, 5) is 23.2. The van der Waals surface area contributed by atoms with Crippen LogP contribution in [0.5, 0.6) is 5.75 Å². The summed E-state index contributed by atoms with van der Waals surface area (Å²) in [7, 11) is 0. The summed E-state index contributed by atoms with van der Waals surface area (Å²) >= 11 is 0. The first kappa shape index (κ1) is 15.1. The van der Waals surface area contributed by atoms with Crippen LogP contribution in [0.3, 0.4) is 0 Å². The number of aryl methyl sites for hydroxylation is 2. The Morgan fingerprint density at radius 3 is 2.87 bits per heavy atom. The average molecular weight is 314 g/mol. The quantitative estimate of drug-likeness (QED) is 0.877. The lowest BCUT2D eigenvalue weighted by molar-refractivity contribution is -0.122. The molecule has 2 amide bonds. The molecule has 1 atom stereocenters. The third-order valence-electron chi connectivity index (χ3n) is 3.85. The highest BCUT2D eigenvalue weighted by atomic mass is 16.5. The smallest absolute Gasteiger partial charge is 0.266 e. The topological polar surface area (TPSA) is 99.2 Å². The van der Waals surface area contributed by atoms with E-state index in [1.54, 1.807) is 12.3 Å². The number of benzene rings is 1. The van der Waals surface area contributed by atoms with E-state index in [4.69, 9.17) is 10.5 Å². The number of ether oxygens (including phenoxy) is 1. The summed E-state index contributed by atoms with van der Waals surface area (Å²) in [6.45, 7) is 4.02. The van der Waals surface area contributed by atoms with Gasteiger partial charge in [0, 0.05) is 18.7 Å². The molecule has 0 fully saturated rings. The van der Waals surface area contributed by atoms with Gasteiger partial charge < -0.3 is 15.8 Å². The molecule has 3 rings (SSSR count). The average Bonchev–Trinajstić information content (AvgIpc) is 3.05. The second-order valence-electron chi connectivity index (χ2n) is 5.71. The predicted octanol–water partition coefficient (Wildman–Crippen LogP) is 0.927. The van der Waals surface area contributed by atoms with Crippen LogP contribution in [-0.2, 0) is 22.6 Å². The van der Waals surface area contributed by atoms with Gasteiger partial charge in [-0.15, -0.1) is 0 Å². The first-order chi connectivity index (χ1) is 10.9. The van der Waals surface area contributed by atoms with E-state index in [1.165, 1.54) is 10.2 Å². The SMILES string of the molecule is Cc1cc2c(cc1C)O[C@@H](C(=O)Nc1ccn(CC(N)=O)n1)C2. The van der Waals surface area contributed by atoms with Crippen LogP contribution < -0.4 is 15.8 Å². The second kappa shape index (κ2) is 5.75. The van der Waals surface area contributed by atoms with Crippen molar-refractivity contribution in [2.24, 2.45) is 5.73 Å². The van der Waals surface area contributed by atoms with Crippen LogP contribution in [0.1, 0.15) is 16.7 Å². The van der Waals surface area contributed by atoms with Crippen LogP contribution in [0, 0.1) is 13.8 Å². The maximum Gasteiger partial charge on any atom is 0.266 e. The Morgan fingerprint density at radius 2 is 2.13 bits per heavy atom. The Balaban J connectivity index is 1.66. The first-order valence-electron chi connectivity index (χ1n) is 7.32. The zero-order valence-electron chi connectivity index (χ0n) is 13.0. The number of aromatic nitrogens is 2. The van der Waals surface area contributed by atoms with Crippen LogP contribution in [0.25, 0.3) is 0 Å². The Labute approximate surface area is 133 Å². The lowest BCUT2D eigenvalue weighted by atomic mass is 10.0. The molecular weight excluding hydrogens is 296 g/mol. The molecule has 0 aliphatic carbocycles. The van der Waals surface area contributed by atoms with Crippen molar-refractivity contribution < 1.29 is 14.3 Å². The second-order valence-corrected chi connectivity index (χ2v) is 5.71. The van der Waals surface area contributed by atoms with Gasteiger partial charge >= 0.3 is 0 Å². The van der Waals surface area contributed by atoms with Crippen molar-refractivity contribution in [3.05, 3.63) is 41.1 Å². The molecule has 2 heterocycles. The molecule has 7 nitrogen and oxygen atoms in total. The predicted molar refractivity (Wildman–Crippen MR) is 84.1 cm³/mol. The Hall–Kier alpha value is -2.83. The maximum absolute atomic E-state index is 12.3. The van der Waals surface area contributed by atoms with Gasteiger partial charge in [0.15, 0.2) is 11.9 Å². The molecule has 0 bridgehead atoms. The molecule has 2 aromatic rings. The van der Waals surface area contributed by atoms with Crippen molar-refractivity contribution in [1.82, 2.24) is 9.78 Å². The van der Waals surface area contributed by atoms with E-state index in [9.17, 15) is 9.59 Å². The number of rotatable bonds is 4. The van der Waals surface area contributed by atoms with Crippen molar-refractivity contribution >= 4 is 17.6 Å². The molecule has 1 aliphatic rings. The van der Waals surface area contributed by atoms with Crippen LogP contribution >= 0.6 is 0 Å². The number of hydrogen-bond donors (Lipinski definition) is 2. The van der Waals surface area contributed by atoms with E-state index in [0.29, 0.717) is 12.2 Å². The summed E-state index contributed by atoms with van der Waals surface area (Å²) in [5.74, 6) is 0.364. The minimum Gasteiger partial charge on any atom is -0.480 e. The lowest BCUT2D eigenvalue weighted by Gasteiger charge is -2.10. The number of nitrogens with two attached hydrogens (primary N) is 1.